The summed E-state index contributed by atoms with van der Waals surface area (Å²) < 4.78 is 19.7. The highest BCUT2D eigenvalue weighted by Gasteiger charge is 2.47. The molecule has 0 aromatic heterocycles. The van der Waals surface area contributed by atoms with Gasteiger partial charge in [0.2, 0.25) is 0 Å². The van der Waals surface area contributed by atoms with E-state index in [4.69, 9.17) is 4.74 Å². The van der Waals surface area contributed by atoms with E-state index in [1.54, 1.807) is 42.5 Å². The van der Waals surface area contributed by atoms with Gasteiger partial charge in [-0.1, -0.05) is 42.5 Å². The average molecular weight is 445 g/mol. The molecule has 3 aromatic rings. The molecule has 3 aromatic carbocycles. The van der Waals surface area contributed by atoms with Gasteiger partial charge in [-0.15, -0.1) is 0 Å². The first-order valence-corrected chi connectivity index (χ1v) is 10.7. The Bertz CT molecular complexity index is 1260. The van der Waals surface area contributed by atoms with Crippen LogP contribution in [0.25, 0.3) is 5.76 Å². The molecule has 168 valence electrons. The van der Waals surface area contributed by atoms with E-state index in [0.29, 0.717) is 16.9 Å². The van der Waals surface area contributed by atoms with Crippen molar-refractivity contribution in [1.29, 1.82) is 0 Å². The van der Waals surface area contributed by atoms with Crippen molar-refractivity contribution in [3.05, 3.63) is 101 Å². The van der Waals surface area contributed by atoms with Crippen LogP contribution in [0, 0.1) is 12.7 Å². The Morgan fingerprint density at radius 1 is 1.00 bits per heavy atom. The summed E-state index contributed by atoms with van der Waals surface area (Å²) >= 11 is 0. The van der Waals surface area contributed by atoms with E-state index in [1.165, 1.54) is 23.1 Å². The van der Waals surface area contributed by atoms with Crippen molar-refractivity contribution in [3.63, 3.8) is 0 Å². The number of hydrogen-bond donors (Lipinski definition) is 1. The molecule has 1 amide bonds. The second kappa shape index (κ2) is 8.90. The van der Waals surface area contributed by atoms with E-state index >= 15 is 0 Å². The van der Waals surface area contributed by atoms with Gasteiger partial charge in [0, 0.05) is 11.3 Å². The maximum atomic E-state index is 14.0. The lowest BCUT2D eigenvalue weighted by atomic mass is 9.92. The summed E-state index contributed by atoms with van der Waals surface area (Å²) in [5, 5.41) is 11.3. The fourth-order valence-corrected chi connectivity index (χ4v) is 4.06. The molecule has 1 atom stereocenters. The molecule has 0 radical (unpaired) electrons. The number of aliphatic hydroxyl groups excluding tert-OH is 1. The monoisotopic (exact) mass is 445 g/mol. The molecule has 4 rings (SSSR count). The Hall–Kier alpha value is -3.93. The Kier molecular flexibility index (Phi) is 6.01. The SMILES string of the molecule is Cc1ccccc1C1/C(=C(\O)c2cccc(OC(C)C)c2)C(=O)C(=O)N1c1cccc(F)c1. The number of nitrogens with zero attached hydrogens (tertiary/aromatic N) is 1. The number of amides is 1. The maximum absolute atomic E-state index is 14.0. The van der Waals surface area contributed by atoms with E-state index in [1.807, 2.05) is 32.9 Å². The molecule has 1 N–H and O–H groups in total. The molecule has 1 saturated heterocycles. The number of Topliss-reactive ketones (excluding diaryl/α,β-unsaturated/α-hetero) is 1. The normalized spacial score (nSPS) is 17.6. The average Bonchev–Trinajstić information content (AvgIpc) is 3.04. The molecule has 0 bridgehead atoms. The molecular formula is C27H24FNO4. The number of hydrogen-bond acceptors (Lipinski definition) is 4. The summed E-state index contributed by atoms with van der Waals surface area (Å²) in [4.78, 5) is 27.6. The molecule has 0 saturated carbocycles. The van der Waals surface area contributed by atoms with Crippen LogP contribution < -0.4 is 9.64 Å². The topological polar surface area (TPSA) is 66.8 Å². The van der Waals surface area contributed by atoms with Crippen LogP contribution in [-0.4, -0.2) is 22.9 Å². The number of aryl methyl sites for hydroxylation is 1. The van der Waals surface area contributed by atoms with Gasteiger partial charge in [0.05, 0.1) is 17.7 Å². The summed E-state index contributed by atoms with van der Waals surface area (Å²) in [5.41, 5.74) is 2.02. The largest absolute Gasteiger partial charge is 0.507 e. The zero-order valence-corrected chi connectivity index (χ0v) is 18.6. The van der Waals surface area contributed by atoms with E-state index in [2.05, 4.69) is 0 Å². The van der Waals surface area contributed by atoms with Crippen LogP contribution in [0.15, 0.2) is 78.4 Å². The van der Waals surface area contributed by atoms with Gasteiger partial charge in [-0.05, 0) is 62.2 Å². The van der Waals surface area contributed by atoms with Crippen molar-refractivity contribution in [3.8, 4) is 5.75 Å². The number of ether oxygens (including phenoxy) is 1. The van der Waals surface area contributed by atoms with Crippen molar-refractivity contribution >= 4 is 23.1 Å². The highest BCUT2D eigenvalue weighted by atomic mass is 19.1. The van der Waals surface area contributed by atoms with E-state index in [0.717, 1.165) is 5.56 Å². The molecule has 1 aliphatic heterocycles. The van der Waals surface area contributed by atoms with Crippen LogP contribution in [0.2, 0.25) is 0 Å². The summed E-state index contributed by atoms with van der Waals surface area (Å²) in [6, 6.07) is 18.6. The highest BCUT2D eigenvalue weighted by Crippen LogP contribution is 2.43. The quantitative estimate of drug-likeness (QED) is 0.318. The number of carbonyl (C=O) groups excluding carboxylic acids is 2. The number of benzene rings is 3. The van der Waals surface area contributed by atoms with Crippen LogP contribution in [-0.2, 0) is 9.59 Å². The molecule has 33 heavy (non-hydrogen) atoms. The van der Waals surface area contributed by atoms with Gasteiger partial charge in [-0.25, -0.2) is 4.39 Å². The van der Waals surface area contributed by atoms with Gasteiger partial charge >= 0.3 is 0 Å². The first kappa shape index (κ1) is 22.3. The zero-order chi connectivity index (χ0) is 23.7. The minimum absolute atomic E-state index is 0.0553. The lowest BCUT2D eigenvalue weighted by molar-refractivity contribution is -0.132. The maximum Gasteiger partial charge on any atom is 0.300 e. The predicted octanol–water partition coefficient (Wildman–Crippen LogP) is 5.55. The first-order valence-electron chi connectivity index (χ1n) is 10.7. The van der Waals surface area contributed by atoms with Gasteiger partial charge in [0.1, 0.15) is 17.3 Å². The van der Waals surface area contributed by atoms with Crippen molar-refractivity contribution < 1.29 is 23.8 Å². The van der Waals surface area contributed by atoms with Crippen molar-refractivity contribution in [2.24, 2.45) is 0 Å². The lowest BCUT2D eigenvalue weighted by Gasteiger charge is -2.26. The number of halogens is 1. The number of ketones is 1. The van der Waals surface area contributed by atoms with Gasteiger partial charge in [-0.3, -0.25) is 14.5 Å². The van der Waals surface area contributed by atoms with E-state index < -0.39 is 23.5 Å². The Labute approximate surface area is 191 Å². The van der Waals surface area contributed by atoms with Gasteiger partial charge in [-0.2, -0.15) is 0 Å². The Morgan fingerprint density at radius 2 is 1.73 bits per heavy atom. The molecule has 1 heterocycles. The lowest BCUT2D eigenvalue weighted by Crippen LogP contribution is -2.29. The standard InChI is InChI=1S/C27H24FNO4/c1-16(2)33-21-12-6-9-18(14-21)25(30)23-24(22-13-5-4-8-17(22)3)29(27(32)26(23)31)20-11-7-10-19(28)15-20/h4-16,24,30H,1-3H3/b25-23+. The molecule has 1 aliphatic rings. The number of rotatable bonds is 5. The summed E-state index contributed by atoms with van der Waals surface area (Å²) in [6.45, 7) is 5.63. The van der Waals surface area contributed by atoms with Crippen molar-refractivity contribution in [1.82, 2.24) is 0 Å². The molecule has 6 heteroatoms. The number of carbonyl (C=O) groups is 2. The van der Waals surface area contributed by atoms with Crippen LogP contribution in [0.5, 0.6) is 5.75 Å². The minimum atomic E-state index is -0.914. The van der Waals surface area contributed by atoms with Crippen LogP contribution in [0.4, 0.5) is 10.1 Å². The summed E-state index contributed by atoms with van der Waals surface area (Å²) in [5.74, 6) is -1.97. The second-order valence-electron chi connectivity index (χ2n) is 8.20. The molecular weight excluding hydrogens is 421 g/mol. The van der Waals surface area contributed by atoms with E-state index in [9.17, 15) is 19.1 Å². The van der Waals surface area contributed by atoms with Crippen LogP contribution in [0.1, 0.15) is 36.6 Å². The van der Waals surface area contributed by atoms with Crippen molar-refractivity contribution in [2.45, 2.75) is 32.9 Å². The Balaban J connectivity index is 1.93. The molecule has 0 aliphatic carbocycles. The third-order valence-electron chi connectivity index (χ3n) is 5.49. The molecule has 0 spiro atoms. The fourth-order valence-electron chi connectivity index (χ4n) is 4.06. The Morgan fingerprint density at radius 3 is 2.42 bits per heavy atom. The number of aliphatic hydroxyl groups is 1. The zero-order valence-electron chi connectivity index (χ0n) is 18.6. The fraction of sp³-hybridized carbons (Fsp3) is 0.185. The smallest absolute Gasteiger partial charge is 0.300 e. The van der Waals surface area contributed by atoms with Gasteiger partial charge < -0.3 is 9.84 Å². The van der Waals surface area contributed by atoms with Crippen molar-refractivity contribution in [2.75, 3.05) is 4.90 Å². The van der Waals surface area contributed by atoms with Gasteiger partial charge in [0.25, 0.3) is 11.7 Å². The summed E-state index contributed by atoms with van der Waals surface area (Å²) in [6.07, 6.45) is -0.0760. The highest BCUT2D eigenvalue weighted by molar-refractivity contribution is 6.51. The van der Waals surface area contributed by atoms with Crippen LogP contribution in [0.3, 0.4) is 0 Å². The second-order valence-corrected chi connectivity index (χ2v) is 8.20. The molecule has 1 fully saturated rings. The van der Waals surface area contributed by atoms with E-state index in [-0.39, 0.29) is 23.1 Å². The van der Waals surface area contributed by atoms with Crippen LogP contribution >= 0.6 is 0 Å². The molecule has 5 nitrogen and oxygen atoms in total. The third kappa shape index (κ3) is 4.24. The minimum Gasteiger partial charge on any atom is -0.507 e. The number of anilines is 1. The molecule has 1 unspecified atom stereocenters. The van der Waals surface area contributed by atoms with Gasteiger partial charge in [0.15, 0.2) is 0 Å². The third-order valence-corrected chi connectivity index (χ3v) is 5.49. The summed E-state index contributed by atoms with van der Waals surface area (Å²) in [7, 11) is 0. The predicted molar refractivity (Wildman–Crippen MR) is 125 cm³/mol. The first-order chi connectivity index (χ1) is 15.8.